The fourth-order valence-electron chi connectivity index (χ4n) is 2.31. The molecule has 2 aromatic rings. The van der Waals surface area contributed by atoms with Crippen molar-refractivity contribution in [2.75, 3.05) is 11.1 Å². The van der Waals surface area contributed by atoms with Gasteiger partial charge in [0.15, 0.2) is 0 Å². The van der Waals surface area contributed by atoms with Gasteiger partial charge in [-0.05, 0) is 48.4 Å². The number of benzene rings is 2. The summed E-state index contributed by atoms with van der Waals surface area (Å²) in [6.07, 6.45) is 0.921. The number of anilines is 1. The molecule has 1 aliphatic heterocycles. The highest BCUT2D eigenvalue weighted by atomic mass is 35.5. The summed E-state index contributed by atoms with van der Waals surface area (Å²) in [6.45, 7) is 0. The second-order valence-electron chi connectivity index (χ2n) is 4.64. The van der Waals surface area contributed by atoms with E-state index in [4.69, 9.17) is 23.2 Å². The van der Waals surface area contributed by atoms with Crippen molar-refractivity contribution >= 4 is 40.7 Å². The zero-order chi connectivity index (χ0) is 14.1. The predicted molar refractivity (Wildman–Crippen MR) is 84.6 cm³/mol. The molecule has 1 atom stereocenters. The van der Waals surface area contributed by atoms with Crippen LogP contribution in [0.4, 0.5) is 10.1 Å². The fourth-order valence-corrected chi connectivity index (χ4v) is 3.77. The lowest BCUT2D eigenvalue weighted by Gasteiger charge is -2.27. The first kappa shape index (κ1) is 14.1. The normalized spacial score (nSPS) is 17.6. The topological polar surface area (TPSA) is 12.0 Å². The molecular weight excluding hydrogens is 316 g/mol. The van der Waals surface area contributed by atoms with Crippen LogP contribution in [0.3, 0.4) is 0 Å². The van der Waals surface area contributed by atoms with Crippen molar-refractivity contribution in [3.05, 3.63) is 57.8 Å². The molecular formula is C15H12Cl2FNS. The van der Waals surface area contributed by atoms with Crippen LogP contribution < -0.4 is 5.32 Å². The van der Waals surface area contributed by atoms with Gasteiger partial charge in [0.05, 0.1) is 11.7 Å². The average molecular weight is 328 g/mol. The van der Waals surface area contributed by atoms with Crippen LogP contribution in [0.1, 0.15) is 18.0 Å². The summed E-state index contributed by atoms with van der Waals surface area (Å²) in [6, 6.07) is 10.4. The molecule has 1 unspecified atom stereocenters. The third-order valence-electron chi connectivity index (χ3n) is 3.27. The molecule has 0 amide bonds. The first-order chi connectivity index (χ1) is 9.63. The molecule has 1 aliphatic rings. The van der Waals surface area contributed by atoms with E-state index < -0.39 is 0 Å². The number of fused-ring (bicyclic) bond motifs is 1. The number of rotatable bonds is 2. The molecule has 5 heteroatoms. The number of hydrogen-bond acceptors (Lipinski definition) is 2. The van der Waals surface area contributed by atoms with Gasteiger partial charge in [-0.25, -0.2) is 4.39 Å². The van der Waals surface area contributed by atoms with E-state index in [1.165, 1.54) is 11.0 Å². The maximum Gasteiger partial charge on any atom is 0.146 e. The summed E-state index contributed by atoms with van der Waals surface area (Å²) in [5.41, 5.74) is 1.55. The molecule has 0 saturated heterocycles. The number of halogens is 3. The highest BCUT2D eigenvalue weighted by molar-refractivity contribution is 7.99. The van der Waals surface area contributed by atoms with Gasteiger partial charge >= 0.3 is 0 Å². The van der Waals surface area contributed by atoms with Crippen molar-refractivity contribution in [1.82, 2.24) is 0 Å². The van der Waals surface area contributed by atoms with E-state index in [1.54, 1.807) is 23.9 Å². The van der Waals surface area contributed by atoms with E-state index >= 15 is 0 Å². The minimum atomic E-state index is -0.295. The largest absolute Gasteiger partial charge is 0.376 e. The van der Waals surface area contributed by atoms with Crippen LogP contribution in [-0.4, -0.2) is 5.75 Å². The zero-order valence-corrected chi connectivity index (χ0v) is 12.8. The highest BCUT2D eigenvalue weighted by Crippen LogP contribution is 2.39. The molecule has 0 fully saturated rings. The lowest BCUT2D eigenvalue weighted by Crippen LogP contribution is -2.16. The Morgan fingerprint density at radius 2 is 1.85 bits per heavy atom. The first-order valence-electron chi connectivity index (χ1n) is 6.27. The van der Waals surface area contributed by atoms with E-state index in [0.29, 0.717) is 15.7 Å². The first-order valence-corrected chi connectivity index (χ1v) is 8.01. The predicted octanol–water partition coefficient (Wildman–Crippen LogP) is 5.78. The van der Waals surface area contributed by atoms with Crippen LogP contribution >= 0.6 is 35.0 Å². The summed E-state index contributed by atoms with van der Waals surface area (Å²) in [5.74, 6) is 0.699. The van der Waals surface area contributed by atoms with Crippen molar-refractivity contribution in [3.63, 3.8) is 0 Å². The fraction of sp³-hybridized carbons (Fsp3) is 0.200. The number of nitrogens with one attached hydrogen (secondary N) is 1. The monoisotopic (exact) mass is 327 g/mol. The van der Waals surface area contributed by atoms with Gasteiger partial charge in [-0.15, -0.1) is 11.8 Å². The molecule has 104 valence electrons. The molecule has 20 heavy (non-hydrogen) atoms. The van der Waals surface area contributed by atoms with E-state index in [9.17, 15) is 4.39 Å². The third kappa shape index (κ3) is 2.90. The molecule has 0 spiro atoms. The number of thioether (sulfide) groups is 1. The maximum atomic E-state index is 13.8. The van der Waals surface area contributed by atoms with Crippen molar-refractivity contribution in [1.29, 1.82) is 0 Å². The molecule has 1 nitrogen and oxygen atoms in total. The average Bonchev–Trinajstić information content (AvgIpc) is 2.43. The van der Waals surface area contributed by atoms with E-state index in [0.717, 1.165) is 17.7 Å². The molecule has 1 heterocycles. The van der Waals surface area contributed by atoms with Gasteiger partial charge in [0.2, 0.25) is 0 Å². The molecule has 1 N–H and O–H groups in total. The van der Waals surface area contributed by atoms with Gasteiger partial charge in [-0.3, -0.25) is 0 Å². The van der Waals surface area contributed by atoms with Gasteiger partial charge < -0.3 is 5.32 Å². The van der Waals surface area contributed by atoms with Crippen LogP contribution in [0.2, 0.25) is 10.0 Å². The van der Waals surface area contributed by atoms with Crippen LogP contribution in [0.15, 0.2) is 41.3 Å². The second kappa shape index (κ2) is 5.84. The molecule has 0 bridgehead atoms. The Labute approximate surface area is 131 Å². The van der Waals surface area contributed by atoms with Gasteiger partial charge in [0, 0.05) is 20.7 Å². The minimum absolute atomic E-state index is 0.0536. The van der Waals surface area contributed by atoms with E-state index in [2.05, 4.69) is 5.32 Å². The Morgan fingerprint density at radius 1 is 1.10 bits per heavy atom. The Bertz CT molecular complexity index is 648. The third-order valence-corrected chi connectivity index (χ3v) is 4.86. The standard InChI is InChI=1S/C15H12Cl2FNS/c16-9-2-4-15-11(7-9)13(5-6-20-15)19-14-8-10(17)1-3-12(14)18/h1-4,7-8,13,19H,5-6H2. The van der Waals surface area contributed by atoms with Gasteiger partial charge in [0.1, 0.15) is 5.82 Å². The van der Waals surface area contributed by atoms with Crippen molar-refractivity contribution in [2.45, 2.75) is 17.4 Å². The van der Waals surface area contributed by atoms with Crippen molar-refractivity contribution < 1.29 is 4.39 Å². The summed E-state index contributed by atoms with van der Waals surface area (Å²) >= 11 is 13.8. The molecule has 2 aromatic carbocycles. The van der Waals surface area contributed by atoms with Crippen LogP contribution in [0.5, 0.6) is 0 Å². The Balaban J connectivity index is 1.93. The van der Waals surface area contributed by atoms with Crippen LogP contribution in [0, 0.1) is 5.82 Å². The molecule has 0 radical (unpaired) electrons. The molecule has 0 saturated carbocycles. The Morgan fingerprint density at radius 3 is 2.70 bits per heavy atom. The van der Waals surface area contributed by atoms with E-state index in [-0.39, 0.29) is 11.9 Å². The number of hydrogen-bond donors (Lipinski definition) is 1. The van der Waals surface area contributed by atoms with Crippen LogP contribution in [-0.2, 0) is 0 Å². The zero-order valence-electron chi connectivity index (χ0n) is 10.5. The summed E-state index contributed by atoms with van der Waals surface area (Å²) in [5, 5.41) is 4.46. The molecule has 3 rings (SSSR count). The van der Waals surface area contributed by atoms with Gasteiger partial charge in [0.25, 0.3) is 0 Å². The Hall–Kier alpha value is -0.900. The van der Waals surface area contributed by atoms with Crippen molar-refractivity contribution in [2.24, 2.45) is 0 Å². The highest BCUT2D eigenvalue weighted by Gasteiger charge is 2.21. The lowest BCUT2D eigenvalue weighted by atomic mass is 10.0. The van der Waals surface area contributed by atoms with Gasteiger partial charge in [-0.2, -0.15) is 0 Å². The summed E-state index contributed by atoms with van der Waals surface area (Å²) in [7, 11) is 0. The smallest absolute Gasteiger partial charge is 0.146 e. The quantitative estimate of drug-likeness (QED) is 0.750. The SMILES string of the molecule is Fc1ccc(Cl)cc1NC1CCSc2ccc(Cl)cc21. The van der Waals surface area contributed by atoms with Crippen LogP contribution in [0.25, 0.3) is 0 Å². The molecule has 0 aliphatic carbocycles. The second-order valence-corrected chi connectivity index (χ2v) is 6.65. The maximum absolute atomic E-state index is 13.8. The summed E-state index contributed by atoms with van der Waals surface area (Å²) in [4.78, 5) is 1.19. The molecule has 0 aromatic heterocycles. The van der Waals surface area contributed by atoms with Gasteiger partial charge in [-0.1, -0.05) is 23.2 Å². The lowest BCUT2D eigenvalue weighted by molar-refractivity contribution is 0.622. The summed E-state index contributed by atoms with van der Waals surface area (Å²) < 4.78 is 13.8. The Kier molecular flexibility index (Phi) is 4.11. The van der Waals surface area contributed by atoms with E-state index in [1.807, 2.05) is 18.2 Å². The minimum Gasteiger partial charge on any atom is -0.376 e. The van der Waals surface area contributed by atoms with Crippen molar-refractivity contribution in [3.8, 4) is 0 Å².